The van der Waals surface area contributed by atoms with E-state index in [1.54, 1.807) is 0 Å². The Kier molecular flexibility index (Phi) is 4.48. The maximum atomic E-state index is 12.9. The van der Waals surface area contributed by atoms with Crippen LogP contribution >= 0.6 is 0 Å². The minimum Gasteiger partial charge on any atom is -0.465 e. The van der Waals surface area contributed by atoms with Crippen LogP contribution in [0.5, 0.6) is 0 Å². The van der Waals surface area contributed by atoms with E-state index in [4.69, 9.17) is 0 Å². The Hall–Kier alpha value is -1.46. The molecule has 3 aliphatic rings. The average Bonchev–Trinajstić information content (AvgIpc) is 2.55. The van der Waals surface area contributed by atoms with Crippen LogP contribution < -0.4 is 0 Å². The standard InChI is InChI=1S/C21H30O5/c1-12(18(24)26-5)13-11-21(25)10-7-14-19(2,3)8-6-9-20(14,4)17(21)16(23)15(13)22/h11,14,16-17,23,25H,1,6-10H2,2-5H3/t14?,16-,17-,20+,21+/m0/s1. The number of hydrogen-bond acceptors (Lipinski definition) is 5. The molecule has 0 heterocycles. The van der Waals surface area contributed by atoms with Crippen molar-refractivity contribution in [1.29, 1.82) is 0 Å². The molecule has 26 heavy (non-hydrogen) atoms. The molecule has 0 aromatic carbocycles. The van der Waals surface area contributed by atoms with Crippen LogP contribution in [-0.2, 0) is 14.3 Å². The van der Waals surface area contributed by atoms with Gasteiger partial charge in [-0.3, -0.25) is 4.79 Å². The van der Waals surface area contributed by atoms with E-state index in [0.29, 0.717) is 12.3 Å². The lowest BCUT2D eigenvalue weighted by Gasteiger charge is -2.62. The topological polar surface area (TPSA) is 83.8 Å². The van der Waals surface area contributed by atoms with Crippen LogP contribution in [0.3, 0.4) is 0 Å². The molecule has 3 rings (SSSR count). The van der Waals surface area contributed by atoms with Crippen molar-refractivity contribution in [3.8, 4) is 0 Å². The van der Waals surface area contributed by atoms with Gasteiger partial charge in [-0.15, -0.1) is 0 Å². The molecular weight excluding hydrogens is 332 g/mol. The Balaban J connectivity index is 2.08. The van der Waals surface area contributed by atoms with Crippen LogP contribution in [0.4, 0.5) is 0 Å². The van der Waals surface area contributed by atoms with Crippen LogP contribution in [-0.4, -0.2) is 40.8 Å². The molecule has 0 spiro atoms. The molecule has 1 unspecified atom stereocenters. The molecule has 0 aromatic heterocycles. The molecule has 0 bridgehead atoms. The van der Waals surface area contributed by atoms with Gasteiger partial charge in [0.05, 0.1) is 18.3 Å². The quantitative estimate of drug-likeness (QED) is 0.583. The van der Waals surface area contributed by atoms with Crippen LogP contribution in [0.15, 0.2) is 23.8 Å². The molecule has 0 radical (unpaired) electrons. The molecule has 0 aromatic rings. The van der Waals surface area contributed by atoms with Crippen molar-refractivity contribution < 1.29 is 24.5 Å². The van der Waals surface area contributed by atoms with E-state index < -0.39 is 29.4 Å². The second kappa shape index (κ2) is 6.03. The summed E-state index contributed by atoms with van der Waals surface area (Å²) in [7, 11) is 1.21. The second-order valence-electron chi connectivity index (χ2n) is 9.25. The number of fused-ring (bicyclic) bond motifs is 3. The lowest BCUT2D eigenvalue weighted by molar-refractivity contribution is -0.193. The molecule has 2 fully saturated rings. The molecule has 0 aliphatic heterocycles. The highest BCUT2D eigenvalue weighted by molar-refractivity contribution is 6.12. The fraction of sp³-hybridized carbons (Fsp3) is 0.714. The maximum absolute atomic E-state index is 12.9. The Labute approximate surface area is 155 Å². The Morgan fingerprint density at radius 3 is 2.54 bits per heavy atom. The number of carbonyl (C=O) groups is 2. The predicted octanol–water partition coefficient (Wildman–Crippen LogP) is 2.56. The molecule has 0 saturated heterocycles. The fourth-order valence-electron chi connectivity index (χ4n) is 6.26. The van der Waals surface area contributed by atoms with E-state index >= 15 is 0 Å². The van der Waals surface area contributed by atoms with Gasteiger partial charge < -0.3 is 14.9 Å². The zero-order valence-corrected chi connectivity index (χ0v) is 16.2. The van der Waals surface area contributed by atoms with Crippen molar-refractivity contribution in [2.45, 2.75) is 64.6 Å². The summed E-state index contributed by atoms with van der Waals surface area (Å²) < 4.78 is 4.66. The van der Waals surface area contributed by atoms with Crippen molar-refractivity contribution in [2.24, 2.45) is 22.7 Å². The minimum absolute atomic E-state index is 0.0137. The number of aliphatic hydroxyl groups excluding tert-OH is 1. The van der Waals surface area contributed by atoms with Gasteiger partial charge in [-0.2, -0.15) is 0 Å². The fourth-order valence-corrected chi connectivity index (χ4v) is 6.26. The lowest BCUT2D eigenvalue weighted by Crippen LogP contribution is -2.64. The van der Waals surface area contributed by atoms with Crippen molar-refractivity contribution in [3.63, 3.8) is 0 Å². The Bertz CT molecular complexity index is 691. The van der Waals surface area contributed by atoms with Gasteiger partial charge in [0.15, 0.2) is 5.78 Å². The third-order valence-corrected chi connectivity index (χ3v) is 7.36. The summed E-state index contributed by atoms with van der Waals surface area (Å²) in [6.45, 7) is 10.2. The number of ether oxygens (including phenoxy) is 1. The van der Waals surface area contributed by atoms with Crippen molar-refractivity contribution in [1.82, 2.24) is 0 Å². The van der Waals surface area contributed by atoms with Crippen molar-refractivity contribution in [3.05, 3.63) is 23.8 Å². The van der Waals surface area contributed by atoms with Gasteiger partial charge in [-0.05, 0) is 48.5 Å². The largest absolute Gasteiger partial charge is 0.465 e. The molecular formula is C21H30O5. The van der Waals surface area contributed by atoms with Crippen LogP contribution in [0.25, 0.3) is 0 Å². The molecule has 144 valence electrons. The van der Waals surface area contributed by atoms with Crippen LogP contribution in [0.1, 0.15) is 52.9 Å². The van der Waals surface area contributed by atoms with E-state index in [2.05, 4.69) is 32.1 Å². The van der Waals surface area contributed by atoms with Crippen molar-refractivity contribution in [2.75, 3.05) is 7.11 Å². The smallest absolute Gasteiger partial charge is 0.337 e. The number of aliphatic hydroxyl groups is 2. The van der Waals surface area contributed by atoms with Crippen LogP contribution in [0.2, 0.25) is 0 Å². The highest BCUT2D eigenvalue weighted by atomic mass is 16.5. The first-order valence-corrected chi connectivity index (χ1v) is 9.43. The van der Waals surface area contributed by atoms with Gasteiger partial charge >= 0.3 is 5.97 Å². The number of methoxy groups -OCH3 is 1. The first-order valence-electron chi connectivity index (χ1n) is 9.43. The third-order valence-electron chi connectivity index (χ3n) is 7.36. The number of Topliss-reactive ketones (excluding diaryl/α,β-unsaturated/α-hetero) is 1. The van der Waals surface area contributed by atoms with Gasteiger partial charge in [0.25, 0.3) is 0 Å². The van der Waals surface area contributed by atoms with E-state index in [-0.39, 0.29) is 22.0 Å². The van der Waals surface area contributed by atoms with Crippen LogP contribution in [0, 0.1) is 22.7 Å². The van der Waals surface area contributed by atoms with Crippen molar-refractivity contribution >= 4 is 11.8 Å². The summed E-state index contributed by atoms with van der Waals surface area (Å²) in [5.41, 5.74) is -1.67. The molecule has 3 aliphatic carbocycles. The number of rotatable bonds is 2. The highest BCUT2D eigenvalue weighted by Crippen LogP contribution is 2.64. The zero-order chi connectivity index (χ0) is 19.5. The first kappa shape index (κ1) is 19.3. The van der Waals surface area contributed by atoms with Gasteiger partial charge in [0, 0.05) is 11.5 Å². The van der Waals surface area contributed by atoms with E-state index in [1.165, 1.54) is 13.2 Å². The van der Waals surface area contributed by atoms with Gasteiger partial charge in [-0.25, -0.2) is 4.79 Å². The summed E-state index contributed by atoms with van der Waals surface area (Å²) in [6.07, 6.45) is 4.41. The first-order chi connectivity index (χ1) is 12.0. The third kappa shape index (κ3) is 2.59. The number of ketones is 1. The summed E-state index contributed by atoms with van der Waals surface area (Å²) in [5, 5.41) is 22.4. The van der Waals surface area contributed by atoms with Gasteiger partial charge in [0.2, 0.25) is 0 Å². The summed E-state index contributed by atoms with van der Waals surface area (Å²) in [5.74, 6) is -1.51. The molecule has 2 N–H and O–H groups in total. The molecule has 5 atom stereocenters. The predicted molar refractivity (Wildman–Crippen MR) is 97.2 cm³/mol. The Morgan fingerprint density at radius 1 is 1.27 bits per heavy atom. The number of carbonyl (C=O) groups excluding carboxylic acids is 2. The minimum atomic E-state index is -1.34. The lowest BCUT2D eigenvalue weighted by atomic mass is 9.43. The summed E-state index contributed by atoms with van der Waals surface area (Å²) in [4.78, 5) is 24.7. The molecule has 5 nitrogen and oxygen atoms in total. The highest BCUT2D eigenvalue weighted by Gasteiger charge is 2.63. The summed E-state index contributed by atoms with van der Waals surface area (Å²) >= 11 is 0. The van der Waals surface area contributed by atoms with Gasteiger partial charge in [0.1, 0.15) is 6.10 Å². The normalized spacial score (nSPS) is 41.5. The maximum Gasteiger partial charge on any atom is 0.337 e. The van der Waals surface area contributed by atoms with E-state index in [0.717, 1.165) is 25.7 Å². The molecule has 2 saturated carbocycles. The Morgan fingerprint density at radius 2 is 1.92 bits per heavy atom. The second-order valence-corrected chi connectivity index (χ2v) is 9.25. The number of hydrogen-bond donors (Lipinski definition) is 2. The van der Waals surface area contributed by atoms with E-state index in [1.807, 2.05) is 0 Å². The SMILES string of the molecule is C=C(C(=O)OC)C1=C[C@]2(O)CCC3C(C)(C)CCC[C@@]3(C)[C@@H]2[C@@H](O)C1=O. The monoisotopic (exact) mass is 362 g/mol. The zero-order valence-electron chi connectivity index (χ0n) is 16.2. The van der Waals surface area contributed by atoms with E-state index in [9.17, 15) is 19.8 Å². The summed E-state index contributed by atoms with van der Waals surface area (Å²) in [6, 6.07) is 0. The van der Waals surface area contributed by atoms with Gasteiger partial charge in [-0.1, -0.05) is 33.8 Å². The number of esters is 1. The molecule has 0 amide bonds. The average molecular weight is 362 g/mol. The molecule has 5 heteroatoms.